The third-order valence-electron chi connectivity index (χ3n) is 7.16. The minimum atomic E-state index is 0.516. The maximum absolute atomic E-state index is 6.56. The second-order valence-corrected chi connectivity index (χ2v) is 8.38. The van der Waals surface area contributed by atoms with E-state index in [2.05, 4.69) is 6.92 Å². The van der Waals surface area contributed by atoms with Crippen molar-refractivity contribution in [2.45, 2.75) is 89.8 Å². The van der Waals surface area contributed by atoms with Crippen LogP contribution in [0.4, 0.5) is 0 Å². The van der Waals surface area contributed by atoms with Crippen LogP contribution in [0.5, 0.6) is 0 Å². The lowest BCUT2D eigenvalue weighted by Crippen LogP contribution is -2.33. The first-order chi connectivity index (χ1) is 9.81. The number of hydrogen-bond acceptors (Lipinski definition) is 1. The van der Waals surface area contributed by atoms with Crippen LogP contribution in [-0.2, 0) is 4.74 Å². The second-order valence-electron chi connectivity index (χ2n) is 8.38. The molecule has 0 radical (unpaired) electrons. The molecule has 0 aromatic heterocycles. The Bertz CT molecular complexity index is 333. The summed E-state index contributed by atoms with van der Waals surface area (Å²) in [6.07, 6.45) is 17.3. The predicted molar refractivity (Wildman–Crippen MR) is 82.6 cm³/mol. The highest BCUT2D eigenvalue weighted by Crippen LogP contribution is 2.59. The van der Waals surface area contributed by atoms with E-state index in [9.17, 15) is 0 Å². The van der Waals surface area contributed by atoms with Crippen LogP contribution in [-0.4, -0.2) is 12.2 Å². The average Bonchev–Trinajstić information content (AvgIpc) is 3.11. The number of rotatable bonds is 4. The summed E-state index contributed by atoms with van der Waals surface area (Å²) < 4.78 is 6.56. The molecule has 0 aromatic carbocycles. The monoisotopic (exact) mass is 276 g/mol. The molecule has 6 unspecified atom stereocenters. The zero-order valence-corrected chi connectivity index (χ0v) is 13.2. The van der Waals surface area contributed by atoms with Crippen molar-refractivity contribution in [3.05, 3.63) is 0 Å². The Balaban J connectivity index is 1.29. The van der Waals surface area contributed by atoms with E-state index < -0.39 is 0 Å². The molecule has 1 heteroatoms. The molecular formula is C19H32O. The lowest BCUT2D eigenvalue weighted by atomic mass is 9.80. The van der Waals surface area contributed by atoms with Gasteiger partial charge in [-0.1, -0.05) is 38.5 Å². The van der Waals surface area contributed by atoms with Gasteiger partial charge in [-0.05, 0) is 68.6 Å². The molecule has 0 aliphatic heterocycles. The molecule has 114 valence electrons. The Hall–Kier alpha value is -0.0400. The molecular weight excluding hydrogens is 244 g/mol. The van der Waals surface area contributed by atoms with Crippen molar-refractivity contribution in [1.82, 2.24) is 0 Å². The molecule has 4 aliphatic rings. The van der Waals surface area contributed by atoms with Crippen LogP contribution in [0.15, 0.2) is 0 Å². The summed E-state index contributed by atoms with van der Waals surface area (Å²) in [5.41, 5.74) is 0. The number of hydrogen-bond donors (Lipinski definition) is 0. The molecule has 4 saturated carbocycles. The molecule has 0 saturated heterocycles. The predicted octanol–water partition coefficient (Wildman–Crippen LogP) is 5.19. The highest BCUT2D eigenvalue weighted by molar-refractivity contribution is 5.03. The van der Waals surface area contributed by atoms with Crippen LogP contribution in [0, 0.1) is 29.6 Å². The fourth-order valence-corrected chi connectivity index (χ4v) is 6.41. The summed E-state index contributed by atoms with van der Waals surface area (Å²) in [6, 6.07) is 0. The third kappa shape index (κ3) is 2.45. The van der Waals surface area contributed by atoms with Gasteiger partial charge in [0.15, 0.2) is 0 Å². The van der Waals surface area contributed by atoms with E-state index in [0.29, 0.717) is 12.2 Å². The van der Waals surface area contributed by atoms with E-state index in [0.717, 1.165) is 29.6 Å². The molecule has 0 heterocycles. The molecule has 2 bridgehead atoms. The molecule has 0 spiro atoms. The standard InChI is InChI=1S/C19H32O/c1-13(10-14-6-3-2-4-7-14)20-19-12-15-11-18(19)17-9-5-8-16(15)17/h13-19H,2-12H2,1H3. The Kier molecular flexibility index (Phi) is 3.83. The van der Waals surface area contributed by atoms with Gasteiger partial charge in [-0.2, -0.15) is 0 Å². The van der Waals surface area contributed by atoms with Gasteiger partial charge in [0.1, 0.15) is 0 Å². The molecule has 0 aromatic rings. The van der Waals surface area contributed by atoms with Gasteiger partial charge in [0.25, 0.3) is 0 Å². The van der Waals surface area contributed by atoms with Crippen molar-refractivity contribution < 1.29 is 4.74 Å². The fourth-order valence-electron chi connectivity index (χ4n) is 6.41. The van der Waals surface area contributed by atoms with E-state index in [1.807, 2.05) is 0 Å². The topological polar surface area (TPSA) is 9.23 Å². The fraction of sp³-hybridized carbons (Fsp3) is 1.00. The summed E-state index contributed by atoms with van der Waals surface area (Å²) in [5, 5.41) is 0. The highest BCUT2D eigenvalue weighted by Gasteiger charge is 2.54. The van der Waals surface area contributed by atoms with Gasteiger partial charge in [-0.25, -0.2) is 0 Å². The van der Waals surface area contributed by atoms with Crippen molar-refractivity contribution in [2.75, 3.05) is 0 Å². The lowest BCUT2D eigenvalue weighted by Gasteiger charge is -2.34. The first-order valence-electron chi connectivity index (χ1n) is 9.46. The van der Waals surface area contributed by atoms with E-state index in [4.69, 9.17) is 4.74 Å². The number of fused-ring (bicyclic) bond motifs is 5. The normalized spacial score (nSPS) is 45.8. The second kappa shape index (κ2) is 5.63. The molecule has 4 aliphatic carbocycles. The Morgan fingerprint density at radius 1 is 0.850 bits per heavy atom. The maximum Gasteiger partial charge on any atom is 0.0612 e. The van der Waals surface area contributed by atoms with E-state index in [-0.39, 0.29) is 0 Å². The Morgan fingerprint density at radius 2 is 1.65 bits per heavy atom. The summed E-state index contributed by atoms with van der Waals surface area (Å²) >= 11 is 0. The van der Waals surface area contributed by atoms with Gasteiger partial charge in [-0.15, -0.1) is 0 Å². The molecule has 6 atom stereocenters. The van der Waals surface area contributed by atoms with Crippen molar-refractivity contribution in [3.8, 4) is 0 Å². The first kappa shape index (κ1) is 13.6. The van der Waals surface area contributed by atoms with Crippen molar-refractivity contribution in [1.29, 1.82) is 0 Å². The van der Waals surface area contributed by atoms with Crippen LogP contribution < -0.4 is 0 Å². The zero-order chi connectivity index (χ0) is 13.5. The van der Waals surface area contributed by atoms with Crippen LogP contribution in [0.3, 0.4) is 0 Å². The van der Waals surface area contributed by atoms with Gasteiger partial charge in [-0.3, -0.25) is 0 Å². The van der Waals surface area contributed by atoms with E-state index in [1.54, 1.807) is 0 Å². The van der Waals surface area contributed by atoms with Gasteiger partial charge in [0, 0.05) is 0 Å². The molecule has 1 nitrogen and oxygen atoms in total. The van der Waals surface area contributed by atoms with Crippen LogP contribution in [0.2, 0.25) is 0 Å². The van der Waals surface area contributed by atoms with Crippen molar-refractivity contribution in [2.24, 2.45) is 29.6 Å². The molecule has 0 N–H and O–H groups in total. The largest absolute Gasteiger partial charge is 0.375 e. The SMILES string of the molecule is CC(CC1CCCCC1)OC1CC2CC1C1CCCC21. The first-order valence-corrected chi connectivity index (χ1v) is 9.46. The lowest BCUT2D eigenvalue weighted by molar-refractivity contribution is -0.0597. The summed E-state index contributed by atoms with van der Waals surface area (Å²) in [5.74, 6) is 5.12. The Morgan fingerprint density at radius 3 is 2.50 bits per heavy atom. The summed E-state index contributed by atoms with van der Waals surface area (Å²) in [6.45, 7) is 2.35. The average molecular weight is 276 g/mol. The van der Waals surface area contributed by atoms with Crippen LogP contribution in [0.25, 0.3) is 0 Å². The minimum Gasteiger partial charge on any atom is -0.375 e. The van der Waals surface area contributed by atoms with E-state index in [1.165, 1.54) is 70.6 Å². The van der Waals surface area contributed by atoms with E-state index >= 15 is 0 Å². The maximum atomic E-state index is 6.56. The van der Waals surface area contributed by atoms with Crippen molar-refractivity contribution >= 4 is 0 Å². The smallest absolute Gasteiger partial charge is 0.0612 e. The molecule has 4 fully saturated rings. The van der Waals surface area contributed by atoms with Crippen LogP contribution in [0.1, 0.15) is 77.6 Å². The van der Waals surface area contributed by atoms with Gasteiger partial charge in [0.05, 0.1) is 12.2 Å². The van der Waals surface area contributed by atoms with Crippen molar-refractivity contribution in [3.63, 3.8) is 0 Å². The van der Waals surface area contributed by atoms with Gasteiger partial charge in [0.2, 0.25) is 0 Å². The Labute approximate surface area is 124 Å². The minimum absolute atomic E-state index is 0.516. The number of ether oxygens (including phenoxy) is 1. The zero-order valence-electron chi connectivity index (χ0n) is 13.2. The van der Waals surface area contributed by atoms with Gasteiger partial charge < -0.3 is 4.74 Å². The highest BCUT2D eigenvalue weighted by atomic mass is 16.5. The van der Waals surface area contributed by atoms with Gasteiger partial charge >= 0.3 is 0 Å². The quantitative estimate of drug-likeness (QED) is 0.687. The summed E-state index contributed by atoms with van der Waals surface area (Å²) in [4.78, 5) is 0. The molecule has 4 rings (SSSR count). The van der Waals surface area contributed by atoms with Crippen LogP contribution >= 0.6 is 0 Å². The summed E-state index contributed by atoms with van der Waals surface area (Å²) in [7, 11) is 0. The molecule has 0 amide bonds. The third-order valence-corrected chi connectivity index (χ3v) is 7.16. The molecule has 20 heavy (non-hydrogen) atoms.